The van der Waals surface area contributed by atoms with E-state index in [1.165, 1.54) is 13.2 Å². The van der Waals surface area contributed by atoms with Crippen molar-refractivity contribution in [2.24, 2.45) is 5.73 Å². The standard InChI is InChI=1S/C10H12N2O3/c1-15-6-2-3-10(12(13)14)8(4-6)7-5-9(7)11/h2-4,7,9H,5,11H2,1H3. The molecule has 80 valence electrons. The molecule has 5 nitrogen and oxygen atoms in total. The Morgan fingerprint density at radius 3 is 2.73 bits per heavy atom. The summed E-state index contributed by atoms with van der Waals surface area (Å²) in [5, 5.41) is 10.8. The average molecular weight is 208 g/mol. The topological polar surface area (TPSA) is 78.4 Å². The van der Waals surface area contributed by atoms with E-state index < -0.39 is 0 Å². The Labute approximate surface area is 87.0 Å². The van der Waals surface area contributed by atoms with Gasteiger partial charge >= 0.3 is 0 Å². The van der Waals surface area contributed by atoms with Gasteiger partial charge in [-0.2, -0.15) is 0 Å². The molecular weight excluding hydrogens is 196 g/mol. The van der Waals surface area contributed by atoms with E-state index in [0.29, 0.717) is 11.3 Å². The van der Waals surface area contributed by atoms with E-state index in [4.69, 9.17) is 10.5 Å². The van der Waals surface area contributed by atoms with Gasteiger partial charge in [-0.25, -0.2) is 0 Å². The van der Waals surface area contributed by atoms with Crippen molar-refractivity contribution in [3.8, 4) is 5.75 Å². The van der Waals surface area contributed by atoms with Gasteiger partial charge in [0.2, 0.25) is 0 Å². The highest BCUT2D eigenvalue weighted by molar-refractivity contribution is 5.50. The van der Waals surface area contributed by atoms with E-state index in [0.717, 1.165) is 6.42 Å². The molecule has 2 unspecified atom stereocenters. The van der Waals surface area contributed by atoms with Crippen molar-refractivity contribution in [3.63, 3.8) is 0 Å². The fourth-order valence-electron chi connectivity index (χ4n) is 1.70. The van der Waals surface area contributed by atoms with Crippen molar-refractivity contribution in [2.45, 2.75) is 18.4 Å². The molecule has 0 saturated heterocycles. The lowest BCUT2D eigenvalue weighted by atomic mass is 10.1. The van der Waals surface area contributed by atoms with Crippen LogP contribution in [0.25, 0.3) is 0 Å². The van der Waals surface area contributed by atoms with Crippen LogP contribution >= 0.6 is 0 Å². The summed E-state index contributed by atoms with van der Waals surface area (Å²) in [6.07, 6.45) is 0.813. The van der Waals surface area contributed by atoms with Crippen molar-refractivity contribution in [1.82, 2.24) is 0 Å². The Balaban J connectivity index is 2.42. The minimum atomic E-state index is -0.375. The average Bonchev–Trinajstić information content (AvgIpc) is 2.94. The normalized spacial score (nSPS) is 23.6. The molecular formula is C10H12N2O3. The molecule has 1 aromatic carbocycles. The number of hydrogen-bond donors (Lipinski definition) is 1. The predicted octanol–water partition coefficient (Wildman–Crippen LogP) is 1.42. The summed E-state index contributed by atoms with van der Waals surface area (Å²) in [6.45, 7) is 0. The second-order valence-corrected chi connectivity index (χ2v) is 3.69. The van der Waals surface area contributed by atoms with Crippen LogP contribution < -0.4 is 10.5 Å². The van der Waals surface area contributed by atoms with Crippen LogP contribution in [0.15, 0.2) is 18.2 Å². The number of rotatable bonds is 3. The van der Waals surface area contributed by atoms with Crippen LogP contribution in [-0.4, -0.2) is 18.1 Å². The number of methoxy groups -OCH3 is 1. The zero-order valence-electron chi connectivity index (χ0n) is 8.34. The first-order valence-corrected chi connectivity index (χ1v) is 4.71. The van der Waals surface area contributed by atoms with Crippen LogP contribution in [-0.2, 0) is 0 Å². The van der Waals surface area contributed by atoms with E-state index in [9.17, 15) is 10.1 Å². The Morgan fingerprint density at radius 2 is 2.27 bits per heavy atom. The zero-order chi connectivity index (χ0) is 11.0. The molecule has 0 radical (unpaired) electrons. The molecule has 1 aliphatic carbocycles. The van der Waals surface area contributed by atoms with Gasteiger partial charge in [0.25, 0.3) is 5.69 Å². The second kappa shape index (κ2) is 3.51. The fraction of sp³-hybridized carbons (Fsp3) is 0.400. The minimum absolute atomic E-state index is 0.0517. The maximum atomic E-state index is 10.8. The van der Waals surface area contributed by atoms with Crippen LogP contribution in [0.1, 0.15) is 17.9 Å². The molecule has 0 spiro atoms. The number of benzene rings is 1. The molecule has 5 heteroatoms. The largest absolute Gasteiger partial charge is 0.497 e. The lowest BCUT2D eigenvalue weighted by molar-refractivity contribution is -0.385. The Kier molecular flexibility index (Phi) is 2.32. The number of ether oxygens (including phenoxy) is 1. The number of hydrogen-bond acceptors (Lipinski definition) is 4. The molecule has 2 rings (SSSR count). The minimum Gasteiger partial charge on any atom is -0.497 e. The monoisotopic (exact) mass is 208 g/mol. The molecule has 1 fully saturated rings. The van der Waals surface area contributed by atoms with Crippen LogP contribution in [0.5, 0.6) is 5.75 Å². The van der Waals surface area contributed by atoms with Crippen molar-refractivity contribution >= 4 is 5.69 Å². The first kappa shape index (κ1) is 9.92. The maximum Gasteiger partial charge on any atom is 0.273 e. The van der Waals surface area contributed by atoms with Gasteiger partial charge in [-0.05, 0) is 18.6 Å². The highest BCUT2D eigenvalue weighted by Gasteiger charge is 2.39. The third kappa shape index (κ3) is 1.78. The summed E-state index contributed by atoms with van der Waals surface area (Å²) in [4.78, 5) is 10.4. The number of nitro benzene ring substituents is 1. The molecule has 0 heterocycles. The molecule has 1 aliphatic rings. The van der Waals surface area contributed by atoms with E-state index in [2.05, 4.69) is 0 Å². The predicted molar refractivity (Wildman–Crippen MR) is 55.0 cm³/mol. The summed E-state index contributed by atoms with van der Waals surface area (Å²) in [5.41, 5.74) is 6.52. The van der Waals surface area contributed by atoms with Gasteiger partial charge < -0.3 is 10.5 Å². The highest BCUT2D eigenvalue weighted by Crippen LogP contribution is 2.44. The van der Waals surface area contributed by atoms with Crippen LogP contribution in [0, 0.1) is 10.1 Å². The van der Waals surface area contributed by atoms with Crippen LogP contribution in [0.3, 0.4) is 0 Å². The Hall–Kier alpha value is -1.62. The van der Waals surface area contributed by atoms with Gasteiger partial charge in [-0.1, -0.05) is 0 Å². The van der Waals surface area contributed by atoms with Gasteiger partial charge in [0.05, 0.1) is 12.0 Å². The SMILES string of the molecule is COc1ccc([N+](=O)[O-])c(C2CC2N)c1. The summed E-state index contributed by atoms with van der Waals surface area (Å²) < 4.78 is 5.04. The van der Waals surface area contributed by atoms with E-state index in [1.54, 1.807) is 12.1 Å². The van der Waals surface area contributed by atoms with Crippen molar-refractivity contribution in [1.29, 1.82) is 0 Å². The quantitative estimate of drug-likeness (QED) is 0.601. The smallest absolute Gasteiger partial charge is 0.273 e. The molecule has 15 heavy (non-hydrogen) atoms. The van der Waals surface area contributed by atoms with Crippen molar-refractivity contribution < 1.29 is 9.66 Å². The van der Waals surface area contributed by atoms with Crippen molar-refractivity contribution in [3.05, 3.63) is 33.9 Å². The molecule has 0 amide bonds. The van der Waals surface area contributed by atoms with Crippen LogP contribution in [0.2, 0.25) is 0 Å². The van der Waals surface area contributed by atoms with Gasteiger partial charge in [0.1, 0.15) is 5.75 Å². The molecule has 2 atom stereocenters. The Morgan fingerprint density at radius 1 is 1.60 bits per heavy atom. The number of nitrogens with two attached hydrogens (primary N) is 1. The molecule has 0 aliphatic heterocycles. The molecule has 0 bridgehead atoms. The Bertz CT molecular complexity index is 406. The summed E-state index contributed by atoms with van der Waals surface area (Å²) in [5.74, 6) is 0.746. The van der Waals surface area contributed by atoms with Gasteiger partial charge in [-0.15, -0.1) is 0 Å². The van der Waals surface area contributed by atoms with E-state index >= 15 is 0 Å². The lowest BCUT2D eigenvalue weighted by Gasteiger charge is -2.04. The third-order valence-electron chi connectivity index (χ3n) is 2.67. The van der Waals surface area contributed by atoms with E-state index in [1.807, 2.05) is 0 Å². The highest BCUT2D eigenvalue weighted by atomic mass is 16.6. The third-order valence-corrected chi connectivity index (χ3v) is 2.67. The van der Waals surface area contributed by atoms with Gasteiger partial charge in [-0.3, -0.25) is 10.1 Å². The number of nitrogens with zero attached hydrogens (tertiary/aromatic N) is 1. The fourth-order valence-corrected chi connectivity index (χ4v) is 1.70. The molecule has 2 N–H and O–H groups in total. The summed E-state index contributed by atoms with van der Waals surface area (Å²) in [7, 11) is 1.54. The first-order valence-electron chi connectivity index (χ1n) is 4.71. The molecule has 1 aromatic rings. The van der Waals surface area contributed by atoms with Crippen LogP contribution in [0.4, 0.5) is 5.69 Å². The summed E-state index contributed by atoms with van der Waals surface area (Å²) >= 11 is 0. The second-order valence-electron chi connectivity index (χ2n) is 3.69. The number of nitro groups is 1. The lowest BCUT2D eigenvalue weighted by Crippen LogP contribution is -2.03. The molecule has 1 saturated carbocycles. The zero-order valence-corrected chi connectivity index (χ0v) is 8.34. The maximum absolute atomic E-state index is 10.8. The van der Waals surface area contributed by atoms with Gasteiger partial charge in [0, 0.05) is 23.6 Å². The van der Waals surface area contributed by atoms with E-state index in [-0.39, 0.29) is 22.6 Å². The van der Waals surface area contributed by atoms with Crippen molar-refractivity contribution in [2.75, 3.05) is 7.11 Å². The first-order chi connectivity index (χ1) is 7.13. The summed E-state index contributed by atoms with van der Waals surface area (Å²) in [6, 6.07) is 4.82. The van der Waals surface area contributed by atoms with Gasteiger partial charge in [0.15, 0.2) is 0 Å². The molecule has 0 aromatic heterocycles.